The number of pyridine rings is 1. The maximum absolute atomic E-state index is 12.6. The number of ether oxygens (including phenoxy) is 1. The first-order chi connectivity index (χ1) is 18.3. The first-order valence-electron chi connectivity index (χ1n) is 11.1. The average Bonchev–Trinajstić information content (AvgIpc) is 3.29. The number of rotatable bonds is 7. The lowest BCUT2D eigenvalue weighted by Gasteiger charge is -2.20. The molecule has 6 N–H and O–H groups in total. The van der Waals surface area contributed by atoms with Crippen LogP contribution in [0.3, 0.4) is 0 Å². The van der Waals surface area contributed by atoms with E-state index in [4.69, 9.17) is 10.8 Å². The van der Waals surface area contributed by atoms with Crippen molar-refractivity contribution in [2.75, 3.05) is 10.6 Å². The number of hydrogen-bond donors (Lipinski definition) is 5. The van der Waals surface area contributed by atoms with Crippen molar-refractivity contribution in [3.8, 4) is 17.1 Å². The van der Waals surface area contributed by atoms with Crippen LogP contribution in [-0.2, 0) is 4.79 Å². The predicted molar refractivity (Wildman–Crippen MR) is 132 cm³/mol. The fraction of sp³-hybridized carbons (Fsp3) is 0.125. The smallest absolute Gasteiger partial charge is 0.479 e. The Morgan fingerprint density at radius 2 is 1.67 bits per heavy atom. The van der Waals surface area contributed by atoms with Gasteiger partial charge in [0.25, 0.3) is 5.91 Å². The van der Waals surface area contributed by atoms with E-state index >= 15 is 0 Å². The molecule has 0 aliphatic heterocycles. The average molecular weight is 543 g/mol. The summed E-state index contributed by atoms with van der Waals surface area (Å²) in [5, 5.41) is 24.3. The minimum Gasteiger partial charge on any atom is -0.479 e. The molecule has 0 fully saturated rings. The molecule has 202 valence electrons. The van der Waals surface area contributed by atoms with E-state index in [9.17, 15) is 27.6 Å². The highest BCUT2D eigenvalue weighted by Gasteiger charge is 2.32. The summed E-state index contributed by atoms with van der Waals surface area (Å²) in [6.45, 7) is 1.13. The molecule has 3 amide bonds. The molecule has 0 aliphatic rings. The molecule has 0 saturated heterocycles. The Kier molecular flexibility index (Phi) is 7.09. The van der Waals surface area contributed by atoms with Crippen LogP contribution in [-0.4, -0.2) is 49.6 Å². The molecule has 2 aromatic carbocycles. The largest absolute Gasteiger partial charge is 0.573 e. The van der Waals surface area contributed by atoms with Gasteiger partial charge in [-0.3, -0.25) is 14.9 Å². The normalized spacial score (nSPS) is 12.8. The number of halogens is 3. The zero-order valence-corrected chi connectivity index (χ0v) is 20.0. The van der Waals surface area contributed by atoms with Crippen molar-refractivity contribution in [3.63, 3.8) is 0 Å². The number of nitrogens with one attached hydrogen (secondary N) is 3. The number of carboxylic acids is 1. The van der Waals surface area contributed by atoms with E-state index < -0.39 is 35.7 Å². The van der Waals surface area contributed by atoms with E-state index in [-0.39, 0.29) is 16.9 Å². The van der Waals surface area contributed by atoms with E-state index in [2.05, 4.69) is 30.9 Å². The van der Waals surface area contributed by atoms with Crippen LogP contribution in [0, 0.1) is 0 Å². The molecule has 1 atom stereocenters. The van der Waals surface area contributed by atoms with Crippen molar-refractivity contribution < 1.29 is 37.4 Å². The lowest BCUT2D eigenvalue weighted by atomic mass is 10.1. The number of benzene rings is 2. The molecule has 2 aromatic heterocycles. The van der Waals surface area contributed by atoms with Gasteiger partial charge in [-0.25, -0.2) is 9.59 Å². The summed E-state index contributed by atoms with van der Waals surface area (Å²) in [4.78, 5) is 36.3. The van der Waals surface area contributed by atoms with Gasteiger partial charge in [0.1, 0.15) is 0 Å². The monoisotopic (exact) mass is 543 g/mol. The van der Waals surface area contributed by atoms with Gasteiger partial charge in [-0.1, -0.05) is 12.1 Å². The van der Waals surface area contributed by atoms with Crippen LogP contribution in [0.25, 0.3) is 17.0 Å². The Balaban J connectivity index is 1.49. The number of carboxylic acid groups (broad SMARTS) is 1. The molecule has 0 unspecified atom stereocenters. The molecular weight excluding hydrogens is 523 g/mol. The molecule has 0 radical (unpaired) electrons. The second-order valence-electron chi connectivity index (χ2n) is 8.30. The number of carbonyl (C=O) groups excluding carboxylic acids is 2. The van der Waals surface area contributed by atoms with E-state index in [0.717, 1.165) is 13.0 Å². The van der Waals surface area contributed by atoms with Crippen molar-refractivity contribution in [3.05, 3.63) is 72.4 Å². The van der Waals surface area contributed by atoms with Gasteiger partial charge in [-0.15, -0.1) is 23.4 Å². The SMILES string of the molecule is C[C@](N)(NC(=O)c1cccn2c(-c3ccc(NC(=O)Nc4ccccc4OC(F)(F)F)cc3)nnc12)C(=O)O. The van der Waals surface area contributed by atoms with Crippen molar-refractivity contribution in [2.45, 2.75) is 18.9 Å². The summed E-state index contributed by atoms with van der Waals surface area (Å²) >= 11 is 0. The van der Waals surface area contributed by atoms with Gasteiger partial charge < -0.3 is 25.8 Å². The van der Waals surface area contributed by atoms with Gasteiger partial charge in [-0.05, 0) is 55.5 Å². The van der Waals surface area contributed by atoms with Crippen LogP contribution < -0.4 is 26.4 Å². The zero-order valence-electron chi connectivity index (χ0n) is 20.0. The minimum atomic E-state index is -4.93. The van der Waals surface area contributed by atoms with E-state index in [1.54, 1.807) is 24.4 Å². The van der Waals surface area contributed by atoms with E-state index in [1.807, 2.05) is 0 Å². The second-order valence-corrected chi connectivity index (χ2v) is 8.30. The Bertz CT molecular complexity index is 1550. The number of para-hydroxylation sites is 2. The standard InChI is InChI=1S/C24H20F3N7O5/c1-23(28,21(36)37)31-20(35)15-5-4-12-34-18(32-33-19(15)34)13-8-10-14(11-9-13)29-22(38)30-16-6-2-3-7-17(16)39-24(25,26)27/h2-12H,28H2,1H3,(H,31,35)(H,36,37)(H2,29,30,38)/t23-/m0/s1. The van der Waals surface area contributed by atoms with Gasteiger partial charge in [0.2, 0.25) is 0 Å². The van der Waals surface area contributed by atoms with Crippen LogP contribution in [0.2, 0.25) is 0 Å². The zero-order chi connectivity index (χ0) is 28.4. The summed E-state index contributed by atoms with van der Waals surface area (Å²) in [6, 6.07) is 13.5. The number of amides is 3. The number of aromatic nitrogens is 3. The van der Waals surface area contributed by atoms with Crippen LogP contribution in [0.15, 0.2) is 66.9 Å². The Labute approximate surface area is 217 Å². The molecule has 0 spiro atoms. The third kappa shape index (κ3) is 6.22. The van der Waals surface area contributed by atoms with Crippen LogP contribution >= 0.6 is 0 Å². The first-order valence-corrected chi connectivity index (χ1v) is 11.1. The summed E-state index contributed by atoms with van der Waals surface area (Å²) < 4.78 is 43.2. The van der Waals surface area contributed by atoms with Gasteiger partial charge in [0.05, 0.1) is 11.3 Å². The third-order valence-electron chi connectivity index (χ3n) is 5.26. The Hall–Kier alpha value is -5.18. The molecule has 0 saturated carbocycles. The van der Waals surface area contributed by atoms with Crippen LogP contribution in [0.5, 0.6) is 5.75 Å². The number of aliphatic carboxylic acids is 1. The number of anilines is 2. The number of hydrogen-bond acceptors (Lipinski definition) is 7. The highest BCUT2D eigenvalue weighted by Crippen LogP contribution is 2.30. The second kappa shape index (κ2) is 10.3. The summed E-state index contributed by atoms with van der Waals surface area (Å²) in [7, 11) is 0. The third-order valence-corrected chi connectivity index (χ3v) is 5.26. The summed E-state index contributed by atoms with van der Waals surface area (Å²) in [6.07, 6.45) is -3.33. The van der Waals surface area contributed by atoms with E-state index in [0.29, 0.717) is 17.1 Å². The van der Waals surface area contributed by atoms with Crippen molar-refractivity contribution in [1.82, 2.24) is 19.9 Å². The van der Waals surface area contributed by atoms with Crippen LogP contribution in [0.4, 0.5) is 29.3 Å². The highest BCUT2D eigenvalue weighted by molar-refractivity contribution is 6.02. The molecule has 15 heteroatoms. The fourth-order valence-corrected chi connectivity index (χ4v) is 3.42. The molecular formula is C24H20F3N7O5. The molecule has 12 nitrogen and oxygen atoms in total. The predicted octanol–water partition coefficient (Wildman–Crippen LogP) is 3.43. The molecule has 39 heavy (non-hydrogen) atoms. The minimum absolute atomic E-state index is 0.0407. The fourth-order valence-electron chi connectivity index (χ4n) is 3.42. The molecule has 2 heterocycles. The van der Waals surface area contributed by atoms with Gasteiger partial charge in [0.15, 0.2) is 22.9 Å². The number of alkyl halides is 3. The lowest BCUT2D eigenvalue weighted by Crippen LogP contribution is -2.59. The van der Waals surface area contributed by atoms with Crippen molar-refractivity contribution in [1.29, 1.82) is 0 Å². The van der Waals surface area contributed by atoms with Crippen molar-refractivity contribution in [2.24, 2.45) is 5.73 Å². The van der Waals surface area contributed by atoms with Gasteiger partial charge in [0, 0.05) is 17.4 Å². The number of carbonyl (C=O) groups is 3. The molecule has 0 bridgehead atoms. The Morgan fingerprint density at radius 1 is 0.974 bits per heavy atom. The Morgan fingerprint density at radius 3 is 2.33 bits per heavy atom. The number of nitrogens with two attached hydrogens (primary N) is 1. The maximum atomic E-state index is 12.6. The van der Waals surface area contributed by atoms with Gasteiger partial charge >= 0.3 is 18.4 Å². The van der Waals surface area contributed by atoms with Gasteiger partial charge in [-0.2, -0.15) is 0 Å². The van der Waals surface area contributed by atoms with E-state index in [1.165, 1.54) is 40.8 Å². The number of nitrogens with zero attached hydrogens (tertiary/aromatic N) is 3. The van der Waals surface area contributed by atoms with Crippen molar-refractivity contribution >= 4 is 34.9 Å². The number of urea groups is 1. The highest BCUT2D eigenvalue weighted by atomic mass is 19.4. The summed E-state index contributed by atoms with van der Waals surface area (Å²) in [5.41, 5.74) is 4.46. The lowest BCUT2D eigenvalue weighted by molar-refractivity contribution is -0.274. The van der Waals surface area contributed by atoms with Crippen LogP contribution in [0.1, 0.15) is 17.3 Å². The maximum Gasteiger partial charge on any atom is 0.573 e. The quantitative estimate of drug-likeness (QED) is 0.221. The molecule has 0 aliphatic carbocycles. The molecule has 4 rings (SSSR count). The molecule has 4 aromatic rings. The number of fused-ring (bicyclic) bond motifs is 1. The topological polar surface area (TPSA) is 173 Å². The first kappa shape index (κ1) is 26.9. The summed E-state index contributed by atoms with van der Waals surface area (Å²) in [5.74, 6) is -2.42.